The molecule has 0 saturated carbocycles. The van der Waals surface area contributed by atoms with Gasteiger partial charge in [-0.05, 0) is 36.6 Å². The lowest BCUT2D eigenvalue weighted by Crippen LogP contribution is -2.35. The van der Waals surface area contributed by atoms with Crippen molar-refractivity contribution in [1.82, 2.24) is 0 Å². The molecule has 0 aliphatic rings. The highest BCUT2D eigenvalue weighted by Gasteiger charge is 2.21. The van der Waals surface area contributed by atoms with Gasteiger partial charge in [0.05, 0.1) is 0 Å². The van der Waals surface area contributed by atoms with Crippen LogP contribution in [0.4, 0.5) is 4.39 Å². The van der Waals surface area contributed by atoms with E-state index in [4.69, 9.17) is 5.73 Å². The van der Waals surface area contributed by atoms with E-state index < -0.39 is 5.54 Å². The lowest BCUT2D eigenvalue weighted by molar-refractivity contribution is 0.489. The molecule has 0 radical (unpaired) electrons. The largest absolute Gasteiger partial charge is 0.321 e. The third kappa shape index (κ3) is 2.92. The number of rotatable bonds is 3. The van der Waals surface area contributed by atoms with Gasteiger partial charge in [-0.2, -0.15) is 0 Å². The molecule has 0 amide bonds. The van der Waals surface area contributed by atoms with E-state index in [1.807, 2.05) is 43.3 Å². The van der Waals surface area contributed by atoms with Gasteiger partial charge in [0.25, 0.3) is 0 Å². The maximum atomic E-state index is 13.1. The van der Waals surface area contributed by atoms with E-state index in [1.165, 1.54) is 12.1 Å². The molecule has 0 aliphatic carbocycles. The fourth-order valence-corrected chi connectivity index (χ4v) is 1.99. The second-order valence-corrected chi connectivity index (χ2v) is 4.59. The predicted molar refractivity (Wildman–Crippen MR) is 68.1 cm³/mol. The fraction of sp³-hybridized carbons (Fsp3) is 0.200. The summed E-state index contributed by atoms with van der Waals surface area (Å²) in [6, 6.07) is 16.5. The van der Waals surface area contributed by atoms with Gasteiger partial charge in [0, 0.05) is 5.54 Å². The summed E-state index contributed by atoms with van der Waals surface area (Å²) in [6.45, 7) is 1.97. The number of benzene rings is 2. The number of hydrogen-bond acceptors (Lipinski definition) is 1. The Morgan fingerprint density at radius 2 is 1.76 bits per heavy atom. The van der Waals surface area contributed by atoms with Gasteiger partial charge >= 0.3 is 0 Å². The minimum absolute atomic E-state index is 0.216. The van der Waals surface area contributed by atoms with Crippen molar-refractivity contribution in [2.75, 3.05) is 0 Å². The van der Waals surface area contributed by atoms with E-state index in [9.17, 15) is 4.39 Å². The third-order valence-corrected chi connectivity index (χ3v) is 2.89. The van der Waals surface area contributed by atoms with E-state index in [0.717, 1.165) is 11.1 Å². The molecule has 88 valence electrons. The lowest BCUT2D eigenvalue weighted by Gasteiger charge is -2.25. The molecule has 0 aliphatic heterocycles. The van der Waals surface area contributed by atoms with Crippen LogP contribution in [0.3, 0.4) is 0 Å². The summed E-state index contributed by atoms with van der Waals surface area (Å²) >= 11 is 0. The first-order chi connectivity index (χ1) is 8.08. The zero-order chi connectivity index (χ0) is 12.3. The first-order valence-corrected chi connectivity index (χ1v) is 5.67. The normalized spacial score (nSPS) is 14.3. The molecule has 0 heterocycles. The van der Waals surface area contributed by atoms with Crippen molar-refractivity contribution >= 4 is 0 Å². The van der Waals surface area contributed by atoms with Gasteiger partial charge in [-0.15, -0.1) is 0 Å². The van der Waals surface area contributed by atoms with E-state index in [1.54, 1.807) is 6.07 Å². The average molecular weight is 229 g/mol. The van der Waals surface area contributed by atoms with Gasteiger partial charge in [-0.3, -0.25) is 0 Å². The van der Waals surface area contributed by atoms with Gasteiger partial charge < -0.3 is 5.73 Å². The monoisotopic (exact) mass is 229 g/mol. The summed E-state index contributed by atoms with van der Waals surface area (Å²) in [5.41, 5.74) is 7.80. The number of nitrogens with two attached hydrogens (primary N) is 1. The summed E-state index contributed by atoms with van der Waals surface area (Å²) in [5, 5.41) is 0. The van der Waals surface area contributed by atoms with Gasteiger partial charge in [0.1, 0.15) is 5.82 Å². The summed E-state index contributed by atoms with van der Waals surface area (Å²) in [7, 11) is 0. The van der Waals surface area contributed by atoms with Gasteiger partial charge in [-0.25, -0.2) is 4.39 Å². The topological polar surface area (TPSA) is 26.0 Å². The molecule has 0 spiro atoms. The summed E-state index contributed by atoms with van der Waals surface area (Å²) in [4.78, 5) is 0. The molecule has 0 bridgehead atoms. The molecule has 17 heavy (non-hydrogen) atoms. The van der Waals surface area contributed by atoms with E-state index in [0.29, 0.717) is 6.42 Å². The Morgan fingerprint density at radius 1 is 1.06 bits per heavy atom. The molecule has 1 nitrogen and oxygen atoms in total. The summed E-state index contributed by atoms with van der Waals surface area (Å²) in [6.07, 6.45) is 0.620. The zero-order valence-corrected chi connectivity index (χ0v) is 9.86. The van der Waals surface area contributed by atoms with E-state index in [-0.39, 0.29) is 5.82 Å². The quantitative estimate of drug-likeness (QED) is 0.859. The Labute approximate surface area is 101 Å². The third-order valence-electron chi connectivity index (χ3n) is 2.89. The Morgan fingerprint density at radius 3 is 2.41 bits per heavy atom. The van der Waals surface area contributed by atoms with Crippen molar-refractivity contribution in [1.29, 1.82) is 0 Å². The molecule has 1 atom stereocenters. The predicted octanol–water partition coefficient (Wildman–Crippen LogP) is 3.24. The van der Waals surface area contributed by atoms with Crippen LogP contribution in [0.2, 0.25) is 0 Å². The molecular formula is C15H16FN. The smallest absolute Gasteiger partial charge is 0.123 e. The van der Waals surface area contributed by atoms with Crippen molar-refractivity contribution < 1.29 is 4.39 Å². The lowest BCUT2D eigenvalue weighted by atomic mass is 9.87. The molecule has 0 aromatic heterocycles. The van der Waals surface area contributed by atoms with E-state index >= 15 is 0 Å². The first-order valence-electron chi connectivity index (χ1n) is 5.67. The molecule has 2 rings (SSSR count). The average Bonchev–Trinajstić information content (AvgIpc) is 2.29. The minimum atomic E-state index is -0.477. The molecule has 0 fully saturated rings. The van der Waals surface area contributed by atoms with Crippen molar-refractivity contribution in [3.8, 4) is 0 Å². The maximum Gasteiger partial charge on any atom is 0.123 e. The van der Waals surface area contributed by atoms with Crippen LogP contribution in [0.1, 0.15) is 18.1 Å². The standard InChI is InChI=1S/C15H16FN/c1-15(17,13-7-3-2-4-8-13)11-12-6-5-9-14(16)10-12/h2-10H,11,17H2,1H3. The Kier molecular flexibility index (Phi) is 3.25. The zero-order valence-electron chi connectivity index (χ0n) is 9.86. The van der Waals surface area contributed by atoms with E-state index in [2.05, 4.69) is 0 Å². The van der Waals surface area contributed by atoms with Gasteiger partial charge in [0.2, 0.25) is 0 Å². The maximum absolute atomic E-state index is 13.1. The van der Waals surface area contributed by atoms with Crippen LogP contribution in [0, 0.1) is 5.82 Å². The number of halogens is 1. The highest BCUT2D eigenvalue weighted by Crippen LogP contribution is 2.22. The summed E-state index contributed by atoms with van der Waals surface area (Å²) in [5.74, 6) is -0.216. The molecule has 2 N–H and O–H groups in total. The SMILES string of the molecule is CC(N)(Cc1cccc(F)c1)c1ccccc1. The van der Waals surface area contributed by atoms with Gasteiger partial charge in [-0.1, -0.05) is 42.5 Å². The second kappa shape index (κ2) is 4.68. The van der Waals surface area contributed by atoms with Crippen molar-refractivity contribution in [3.05, 3.63) is 71.5 Å². The van der Waals surface area contributed by atoms with Crippen LogP contribution >= 0.6 is 0 Å². The molecule has 2 heteroatoms. The highest BCUT2D eigenvalue weighted by molar-refractivity contribution is 5.27. The molecule has 2 aromatic carbocycles. The van der Waals surface area contributed by atoms with Crippen LogP contribution in [-0.2, 0) is 12.0 Å². The van der Waals surface area contributed by atoms with Crippen LogP contribution < -0.4 is 5.73 Å². The second-order valence-electron chi connectivity index (χ2n) is 4.59. The molecule has 0 saturated heterocycles. The number of hydrogen-bond donors (Lipinski definition) is 1. The van der Waals surface area contributed by atoms with Crippen LogP contribution in [-0.4, -0.2) is 0 Å². The fourth-order valence-electron chi connectivity index (χ4n) is 1.99. The van der Waals surface area contributed by atoms with Crippen molar-refractivity contribution in [2.45, 2.75) is 18.9 Å². The van der Waals surface area contributed by atoms with Crippen molar-refractivity contribution in [2.24, 2.45) is 5.73 Å². The van der Waals surface area contributed by atoms with Crippen LogP contribution in [0.5, 0.6) is 0 Å². The highest BCUT2D eigenvalue weighted by atomic mass is 19.1. The summed E-state index contributed by atoms with van der Waals surface area (Å²) < 4.78 is 13.1. The molecule has 1 unspecified atom stereocenters. The minimum Gasteiger partial charge on any atom is -0.321 e. The van der Waals surface area contributed by atoms with Gasteiger partial charge in [0.15, 0.2) is 0 Å². The first kappa shape index (κ1) is 11.8. The molecule has 2 aromatic rings. The van der Waals surface area contributed by atoms with Crippen LogP contribution in [0.25, 0.3) is 0 Å². The molecular weight excluding hydrogens is 213 g/mol. The van der Waals surface area contributed by atoms with Crippen LogP contribution in [0.15, 0.2) is 54.6 Å². The Hall–Kier alpha value is -1.67. The Bertz CT molecular complexity index is 491. The van der Waals surface area contributed by atoms with Crippen molar-refractivity contribution in [3.63, 3.8) is 0 Å². The Balaban J connectivity index is 2.23.